The van der Waals surface area contributed by atoms with Crippen molar-refractivity contribution in [2.75, 3.05) is 6.61 Å². The van der Waals surface area contributed by atoms with E-state index in [9.17, 15) is 21.7 Å². The number of aryl methyl sites for hydroxylation is 1. The summed E-state index contributed by atoms with van der Waals surface area (Å²) < 4.78 is 12.9. The van der Waals surface area contributed by atoms with Gasteiger partial charge in [-0.15, -0.1) is 22.7 Å². The minimum Gasteiger partial charge on any atom is -0.550 e. The molecule has 79 heavy (non-hydrogen) atoms. The Morgan fingerprint density at radius 1 is 0.595 bits per heavy atom. The van der Waals surface area contributed by atoms with Crippen molar-refractivity contribution in [1.29, 1.82) is 5.26 Å². The van der Waals surface area contributed by atoms with Crippen LogP contribution in [0.1, 0.15) is 34.8 Å². The molecule has 0 amide bonds. The quantitative estimate of drug-likeness (QED) is 0.0542. The summed E-state index contributed by atoms with van der Waals surface area (Å²) in [5, 5.41) is 27.4. The number of fused-ring (bicyclic) bond motifs is 3. The predicted octanol–water partition coefficient (Wildman–Crippen LogP) is 9.71. The van der Waals surface area contributed by atoms with Crippen molar-refractivity contribution in [3.05, 3.63) is 256 Å². The molecule has 8 aromatic carbocycles. The molecule has 0 aliphatic heterocycles. The second kappa shape index (κ2) is 22.2. The molecule has 9 nitrogen and oxygen atoms in total. The third kappa shape index (κ3) is 9.61. The van der Waals surface area contributed by atoms with Gasteiger partial charge in [0.1, 0.15) is 27.4 Å². The van der Waals surface area contributed by atoms with Crippen molar-refractivity contribution in [1.82, 2.24) is 18.9 Å². The van der Waals surface area contributed by atoms with Gasteiger partial charge in [-0.05, 0) is 85.8 Å². The average molecular weight is 1060 g/mol. The Hall–Kier alpha value is -9.52. The zero-order valence-corrected chi connectivity index (χ0v) is 44.6. The molecule has 0 N–H and O–H groups in total. The smallest absolute Gasteiger partial charge is 0.328 e. The fourth-order valence-electron chi connectivity index (χ4n) is 10.9. The first-order valence-corrected chi connectivity index (χ1v) is 27.8. The molecular formula is C66H47B2N6O3S2-. The highest BCUT2D eigenvalue weighted by Gasteiger charge is 2.38. The number of carboxylic acid groups (broad SMARTS) is 1. The molecule has 4 heterocycles. The molecule has 0 radical (unpaired) electrons. The van der Waals surface area contributed by atoms with Crippen LogP contribution in [0.4, 0.5) is 0 Å². The van der Waals surface area contributed by atoms with Crippen LogP contribution >= 0.6 is 22.7 Å². The van der Waals surface area contributed by atoms with E-state index in [0.717, 1.165) is 81.1 Å². The number of carbonyl (C=O) groups is 1. The third-order valence-electron chi connectivity index (χ3n) is 14.4. The molecule has 13 heteroatoms. The monoisotopic (exact) mass is 1060 g/mol. The van der Waals surface area contributed by atoms with Gasteiger partial charge in [-0.1, -0.05) is 192 Å². The number of para-hydroxylation sites is 2. The van der Waals surface area contributed by atoms with Crippen molar-refractivity contribution in [2.45, 2.75) is 26.2 Å². The summed E-state index contributed by atoms with van der Waals surface area (Å²) in [5.74, 6) is -0.468. The maximum Gasteiger partial charge on any atom is 0.328 e. The van der Waals surface area contributed by atoms with Gasteiger partial charge in [0.25, 0.3) is 0 Å². The SMILES string of the molecule is [C-]#[N+]/C(c1nc2ccccc2s1)=c1\c2c(-c3ccccc3C)n(B(c3ccccc3)c3ccccc3)/c(=C(/C#N)c3nc4ccccc4s3)c2c(-c2ccc(OCCCCC(=O)[O-])cc2)n1B(c1ccccc1)c1ccccc1. The number of unbranched alkanes of at least 4 members (excludes halogenated alkanes) is 1. The molecule has 0 fully saturated rings. The number of benzene rings is 8. The van der Waals surface area contributed by atoms with Gasteiger partial charge in [0.05, 0.1) is 39.0 Å². The number of thiazole rings is 2. The molecule has 0 saturated carbocycles. The number of carboxylic acids is 1. The molecule has 0 aliphatic rings. The Morgan fingerprint density at radius 3 is 1.57 bits per heavy atom. The van der Waals surface area contributed by atoms with Gasteiger partial charge in [0.15, 0.2) is 0 Å². The van der Waals surface area contributed by atoms with Crippen LogP contribution in [0.15, 0.2) is 218 Å². The molecule has 0 atom stereocenters. The van der Waals surface area contributed by atoms with Gasteiger partial charge >= 0.3 is 13.7 Å². The summed E-state index contributed by atoms with van der Waals surface area (Å²) in [6.45, 7) is 10.9. The molecule has 0 aliphatic carbocycles. The molecule has 0 unspecified atom stereocenters. The van der Waals surface area contributed by atoms with Gasteiger partial charge in [0.2, 0.25) is 5.70 Å². The molecule has 12 rings (SSSR count). The summed E-state index contributed by atoms with van der Waals surface area (Å²) in [5.41, 5.74) is 10.6. The summed E-state index contributed by atoms with van der Waals surface area (Å²) in [4.78, 5) is 26.5. The van der Waals surface area contributed by atoms with E-state index in [0.29, 0.717) is 57.2 Å². The van der Waals surface area contributed by atoms with Crippen LogP contribution in [0.5, 0.6) is 5.75 Å². The van der Waals surface area contributed by atoms with Crippen LogP contribution in [0.25, 0.3) is 69.8 Å². The zero-order chi connectivity index (χ0) is 53.8. The summed E-state index contributed by atoms with van der Waals surface area (Å²) in [6, 6.07) is 76.9. The van der Waals surface area contributed by atoms with Crippen LogP contribution in [0, 0.1) is 24.8 Å². The fraction of sp³-hybridized carbons (Fsp3) is 0.0758. The fourth-order valence-corrected chi connectivity index (χ4v) is 12.9. The number of rotatable bonds is 16. The number of aliphatic carboxylic acids is 1. The minimum atomic E-state index is -1.08. The van der Waals surface area contributed by atoms with E-state index in [1.165, 1.54) is 22.7 Å². The van der Waals surface area contributed by atoms with E-state index in [1.807, 2.05) is 91.0 Å². The van der Waals surface area contributed by atoms with Crippen LogP contribution in [0.3, 0.4) is 0 Å². The molecule has 0 bridgehead atoms. The van der Waals surface area contributed by atoms with Gasteiger partial charge in [-0.2, -0.15) is 5.26 Å². The van der Waals surface area contributed by atoms with Crippen molar-refractivity contribution in [2.24, 2.45) is 0 Å². The topological polar surface area (TPSA) is 113 Å². The molecule has 12 aromatic rings. The summed E-state index contributed by atoms with van der Waals surface area (Å²) in [7, 11) is 0. The number of hydrogen-bond acceptors (Lipinski definition) is 8. The lowest BCUT2D eigenvalue weighted by atomic mass is 9.50. The highest BCUT2D eigenvalue weighted by atomic mass is 32.1. The number of aromatic nitrogens is 4. The lowest BCUT2D eigenvalue weighted by molar-refractivity contribution is -0.305. The average Bonchev–Trinajstić information content (AvgIpc) is 3.90. The summed E-state index contributed by atoms with van der Waals surface area (Å²) in [6.07, 6.45) is 0.940. The lowest BCUT2D eigenvalue weighted by Gasteiger charge is -2.25. The van der Waals surface area contributed by atoms with Crippen LogP contribution in [-0.2, 0) is 4.79 Å². The maximum atomic E-state index is 12.2. The molecule has 4 aromatic heterocycles. The normalized spacial score (nSPS) is 12.0. The van der Waals surface area contributed by atoms with Crippen LogP contribution in [-0.4, -0.2) is 45.2 Å². The molecule has 378 valence electrons. The Balaban J connectivity index is 1.38. The van der Waals surface area contributed by atoms with Crippen molar-refractivity contribution < 1.29 is 14.6 Å². The van der Waals surface area contributed by atoms with Gasteiger partial charge in [-0.3, -0.25) is 0 Å². The minimum absolute atomic E-state index is 0.0388. The van der Waals surface area contributed by atoms with E-state index in [-0.39, 0.29) is 6.42 Å². The van der Waals surface area contributed by atoms with Gasteiger partial charge < -0.3 is 23.6 Å². The molecular weight excluding hydrogens is 1010 g/mol. The third-order valence-corrected chi connectivity index (χ3v) is 16.5. The second-order valence-electron chi connectivity index (χ2n) is 19.3. The van der Waals surface area contributed by atoms with Crippen molar-refractivity contribution >= 4 is 107 Å². The number of ether oxygens (including phenoxy) is 1. The van der Waals surface area contributed by atoms with Gasteiger partial charge in [0, 0.05) is 39.0 Å². The Labute approximate surface area is 466 Å². The standard InChI is InChI=1S/C66H48B2N6O3S2/c1-44-23-15-16-32-51(44)62-59-58(63(52(43-69)65-71-53-33-17-19-35-55(53)78-65)74(62)68(48-28-11-5-12-29-48)49-30-13-6-14-31-49)61(45-38-40-50(41-39-45)77-42-22-21-37-57(75)76)73(67(46-24-7-3-8-25-46)47-26-9-4-10-27-47)64(59)60(70-2)66-72-54-34-18-20-36-56(54)79-66/h3-20,23-36,38-41H,21-22,37,42H2,1H3,(H,75,76)/p-1/b63-52-,64-60+. The first kappa shape index (κ1) is 50.3. The Bertz CT molecular complexity index is 4190. The Morgan fingerprint density at radius 2 is 1.06 bits per heavy atom. The number of nitriles is 1. The van der Waals surface area contributed by atoms with Crippen LogP contribution < -0.4 is 42.4 Å². The Kier molecular flexibility index (Phi) is 14.1. The van der Waals surface area contributed by atoms with E-state index in [2.05, 4.69) is 154 Å². The maximum absolute atomic E-state index is 12.2. The number of hydrogen-bond donors (Lipinski definition) is 0. The van der Waals surface area contributed by atoms with Gasteiger partial charge in [-0.25, -0.2) is 14.8 Å². The first-order chi connectivity index (χ1) is 38.9. The lowest BCUT2D eigenvalue weighted by Crippen LogP contribution is -2.54. The van der Waals surface area contributed by atoms with E-state index in [1.54, 1.807) is 0 Å². The highest BCUT2D eigenvalue weighted by Crippen LogP contribution is 2.39. The largest absolute Gasteiger partial charge is 0.550 e. The molecule has 0 spiro atoms. The summed E-state index contributed by atoms with van der Waals surface area (Å²) >= 11 is 2.98. The molecule has 0 saturated heterocycles. The number of carbonyl (C=O) groups excluding carboxylic acids is 1. The van der Waals surface area contributed by atoms with E-state index >= 15 is 0 Å². The second-order valence-corrected chi connectivity index (χ2v) is 21.3. The number of nitrogens with zero attached hydrogens (tertiary/aromatic N) is 6. The van der Waals surface area contributed by atoms with E-state index in [4.69, 9.17) is 14.7 Å². The zero-order valence-electron chi connectivity index (χ0n) is 43.0. The van der Waals surface area contributed by atoms with Crippen molar-refractivity contribution in [3.8, 4) is 34.3 Å². The van der Waals surface area contributed by atoms with Crippen molar-refractivity contribution in [3.63, 3.8) is 0 Å². The predicted molar refractivity (Wildman–Crippen MR) is 322 cm³/mol. The van der Waals surface area contributed by atoms with Crippen LogP contribution in [0.2, 0.25) is 0 Å². The highest BCUT2D eigenvalue weighted by molar-refractivity contribution is 7.20. The van der Waals surface area contributed by atoms with E-state index < -0.39 is 19.7 Å². The first-order valence-electron chi connectivity index (χ1n) is 26.1.